The monoisotopic (exact) mass is 385 g/mol. The molecule has 1 amide bonds. The van der Waals surface area contributed by atoms with Crippen molar-refractivity contribution in [1.29, 1.82) is 0 Å². The Labute approximate surface area is 152 Å². The minimum atomic E-state index is -3.35. The van der Waals surface area contributed by atoms with Crippen LogP contribution in [0.5, 0.6) is 0 Å². The SMILES string of the molecule is CCCCS(=O)(=O)c1ccc(C(=O)NC2(C(=O)O)CCSCC2)cc1. The molecule has 138 valence electrons. The molecule has 1 fully saturated rings. The van der Waals surface area contributed by atoms with E-state index in [1.165, 1.54) is 24.3 Å². The normalized spacial score (nSPS) is 17.0. The summed E-state index contributed by atoms with van der Waals surface area (Å²) in [6.07, 6.45) is 2.13. The van der Waals surface area contributed by atoms with Crippen LogP contribution in [0.3, 0.4) is 0 Å². The minimum Gasteiger partial charge on any atom is -0.480 e. The number of sulfone groups is 1. The summed E-state index contributed by atoms with van der Waals surface area (Å²) >= 11 is 1.67. The average Bonchev–Trinajstić information content (AvgIpc) is 2.61. The first-order chi connectivity index (χ1) is 11.8. The summed E-state index contributed by atoms with van der Waals surface area (Å²) in [6.45, 7) is 1.92. The van der Waals surface area contributed by atoms with Gasteiger partial charge < -0.3 is 10.4 Å². The van der Waals surface area contributed by atoms with Crippen LogP contribution in [0.15, 0.2) is 29.2 Å². The number of rotatable bonds is 7. The van der Waals surface area contributed by atoms with Crippen molar-refractivity contribution in [3.63, 3.8) is 0 Å². The molecule has 6 nitrogen and oxygen atoms in total. The Morgan fingerprint density at radius 2 is 1.80 bits per heavy atom. The van der Waals surface area contributed by atoms with Gasteiger partial charge in [-0.15, -0.1) is 0 Å². The molecule has 1 aromatic carbocycles. The number of carboxylic acid groups (broad SMARTS) is 1. The van der Waals surface area contributed by atoms with E-state index in [9.17, 15) is 23.1 Å². The van der Waals surface area contributed by atoms with Crippen molar-refractivity contribution in [1.82, 2.24) is 5.32 Å². The molecule has 8 heteroatoms. The second-order valence-corrected chi connectivity index (χ2v) is 9.48. The van der Waals surface area contributed by atoms with Gasteiger partial charge in [-0.2, -0.15) is 11.8 Å². The zero-order valence-corrected chi connectivity index (χ0v) is 15.8. The van der Waals surface area contributed by atoms with E-state index in [1.54, 1.807) is 11.8 Å². The van der Waals surface area contributed by atoms with E-state index >= 15 is 0 Å². The second-order valence-electron chi connectivity index (χ2n) is 6.15. The van der Waals surface area contributed by atoms with Crippen molar-refractivity contribution < 1.29 is 23.1 Å². The first-order valence-electron chi connectivity index (χ1n) is 8.27. The molecular weight excluding hydrogens is 362 g/mol. The third-order valence-corrected chi connectivity index (χ3v) is 7.15. The number of carbonyl (C=O) groups is 2. The number of hydrogen-bond donors (Lipinski definition) is 2. The van der Waals surface area contributed by atoms with Crippen molar-refractivity contribution in [3.8, 4) is 0 Å². The number of carboxylic acids is 1. The lowest BCUT2D eigenvalue weighted by atomic mass is 9.92. The van der Waals surface area contributed by atoms with Crippen molar-refractivity contribution in [2.45, 2.75) is 43.0 Å². The number of unbranched alkanes of at least 4 members (excludes halogenated alkanes) is 1. The van der Waals surface area contributed by atoms with Gasteiger partial charge in [-0.1, -0.05) is 13.3 Å². The number of thioether (sulfide) groups is 1. The van der Waals surface area contributed by atoms with Crippen LogP contribution in [-0.2, 0) is 14.6 Å². The van der Waals surface area contributed by atoms with Crippen molar-refractivity contribution >= 4 is 33.5 Å². The molecule has 0 aliphatic carbocycles. The van der Waals surface area contributed by atoms with Crippen LogP contribution >= 0.6 is 11.8 Å². The average molecular weight is 386 g/mol. The maximum atomic E-state index is 12.4. The zero-order valence-electron chi connectivity index (χ0n) is 14.2. The first-order valence-corrected chi connectivity index (χ1v) is 11.1. The zero-order chi connectivity index (χ0) is 18.5. The molecule has 0 radical (unpaired) electrons. The number of amides is 1. The molecule has 0 unspecified atom stereocenters. The highest BCUT2D eigenvalue weighted by molar-refractivity contribution is 7.99. The van der Waals surface area contributed by atoms with Crippen LogP contribution in [0, 0.1) is 0 Å². The lowest BCUT2D eigenvalue weighted by Gasteiger charge is -2.33. The smallest absolute Gasteiger partial charge is 0.329 e. The predicted molar refractivity (Wildman–Crippen MR) is 97.8 cm³/mol. The van der Waals surface area contributed by atoms with Crippen LogP contribution in [0.2, 0.25) is 0 Å². The molecule has 25 heavy (non-hydrogen) atoms. The predicted octanol–water partition coefficient (Wildman–Crippen LogP) is 2.34. The van der Waals surface area contributed by atoms with Gasteiger partial charge in [0.2, 0.25) is 0 Å². The summed E-state index contributed by atoms with van der Waals surface area (Å²) in [5.74, 6) is -0.0799. The summed E-state index contributed by atoms with van der Waals surface area (Å²) in [6, 6.07) is 5.68. The van der Waals surface area contributed by atoms with E-state index in [-0.39, 0.29) is 16.2 Å². The molecule has 1 aliphatic heterocycles. The van der Waals surface area contributed by atoms with E-state index in [0.717, 1.165) is 6.42 Å². The Bertz CT molecular complexity index is 722. The molecule has 1 aliphatic rings. The van der Waals surface area contributed by atoms with Crippen molar-refractivity contribution in [3.05, 3.63) is 29.8 Å². The third-order valence-electron chi connectivity index (χ3n) is 4.35. The first kappa shape index (κ1) is 19.8. The third kappa shape index (κ3) is 4.76. The van der Waals surface area contributed by atoms with Crippen molar-refractivity contribution in [2.24, 2.45) is 0 Å². The van der Waals surface area contributed by atoms with Crippen molar-refractivity contribution in [2.75, 3.05) is 17.3 Å². The van der Waals surface area contributed by atoms with Gasteiger partial charge in [0.15, 0.2) is 9.84 Å². The highest BCUT2D eigenvalue weighted by atomic mass is 32.2. The molecule has 2 rings (SSSR count). The second kappa shape index (κ2) is 8.23. The van der Waals surface area contributed by atoms with E-state index in [2.05, 4.69) is 5.32 Å². The summed E-state index contributed by atoms with van der Waals surface area (Å²) in [4.78, 5) is 24.2. The fraction of sp³-hybridized carbons (Fsp3) is 0.529. The lowest BCUT2D eigenvalue weighted by molar-refractivity contribution is -0.144. The van der Waals surface area contributed by atoms with Crippen LogP contribution in [-0.4, -0.2) is 48.2 Å². The van der Waals surface area contributed by atoms with Crippen LogP contribution < -0.4 is 5.32 Å². The molecule has 0 atom stereocenters. The molecule has 1 saturated heterocycles. The van der Waals surface area contributed by atoms with Crippen LogP contribution in [0.1, 0.15) is 43.0 Å². The molecule has 2 N–H and O–H groups in total. The number of carbonyl (C=O) groups excluding carboxylic acids is 1. The Morgan fingerprint density at radius 1 is 1.20 bits per heavy atom. The quantitative estimate of drug-likeness (QED) is 0.747. The van der Waals surface area contributed by atoms with Gasteiger partial charge in [-0.25, -0.2) is 13.2 Å². The van der Waals surface area contributed by atoms with Gasteiger partial charge in [0.05, 0.1) is 10.6 Å². The van der Waals surface area contributed by atoms with Gasteiger partial charge in [-0.3, -0.25) is 4.79 Å². The largest absolute Gasteiger partial charge is 0.480 e. The number of benzene rings is 1. The van der Waals surface area contributed by atoms with Gasteiger partial charge in [-0.05, 0) is 55.0 Å². The van der Waals surface area contributed by atoms with Gasteiger partial charge in [0.25, 0.3) is 5.91 Å². The van der Waals surface area contributed by atoms with E-state index in [0.29, 0.717) is 30.8 Å². The molecule has 0 saturated carbocycles. The molecule has 0 aromatic heterocycles. The van der Waals surface area contributed by atoms with E-state index in [4.69, 9.17) is 0 Å². The Morgan fingerprint density at radius 3 is 2.32 bits per heavy atom. The molecule has 1 aromatic rings. The molecule has 0 bridgehead atoms. The lowest BCUT2D eigenvalue weighted by Crippen LogP contribution is -2.56. The number of aliphatic carboxylic acids is 1. The fourth-order valence-corrected chi connectivity index (χ4v) is 5.31. The van der Waals surface area contributed by atoms with E-state index < -0.39 is 27.3 Å². The Hall–Kier alpha value is -1.54. The van der Waals surface area contributed by atoms with Crippen LogP contribution in [0.25, 0.3) is 0 Å². The van der Waals surface area contributed by atoms with E-state index in [1.807, 2.05) is 6.92 Å². The summed E-state index contributed by atoms with van der Waals surface area (Å²) in [5, 5.41) is 12.2. The van der Waals surface area contributed by atoms with Crippen LogP contribution in [0.4, 0.5) is 0 Å². The summed E-state index contributed by atoms with van der Waals surface area (Å²) in [7, 11) is -3.35. The topological polar surface area (TPSA) is 101 Å². The highest BCUT2D eigenvalue weighted by Gasteiger charge is 2.41. The maximum Gasteiger partial charge on any atom is 0.329 e. The highest BCUT2D eigenvalue weighted by Crippen LogP contribution is 2.28. The summed E-state index contributed by atoms with van der Waals surface area (Å²) < 4.78 is 24.3. The Balaban J connectivity index is 2.13. The van der Waals surface area contributed by atoms with Gasteiger partial charge >= 0.3 is 5.97 Å². The molecular formula is C17H23NO5S2. The minimum absolute atomic E-state index is 0.0782. The number of nitrogens with one attached hydrogen (secondary N) is 1. The van der Waals surface area contributed by atoms with Gasteiger partial charge in [0, 0.05) is 5.56 Å². The maximum absolute atomic E-state index is 12.4. The Kier molecular flexibility index (Phi) is 6.51. The van der Waals surface area contributed by atoms with Gasteiger partial charge in [0.1, 0.15) is 5.54 Å². The molecule has 1 heterocycles. The standard InChI is InChI=1S/C17H23NO5S2/c1-2-3-12-25(22,23)14-6-4-13(5-7-14)15(19)18-17(16(20)21)8-10-24-11-9-17/h4-7H,2-3,8-12H2,1H3,(H,18,19)(H,20,21). The molecule has 0 spiro atoms. The summed E-state index contributed by atoms with van der Waals surface area (Å²) in [5.41, 5.74) is -0.984. The number of hydrogen-bond acceptors (Lipinski definition) is 5. The fourth-order valence-electron chi connectivity index (χ4n) is 2.67.